The van der Waals surface area contributed by atoms with E-state index in [1.165, 1.54) is 21.9 Å². The van der Waals surface area contributed by atoms with Crippen LogP contribution in [0.2, 0.25) is 0 Å². The van der Waals surface area contributed by atoms with Gasteiger partial charge in [-0.15, -0.1) is 0 Å². The third kappa shape index (κ3) is 8.39. The van der Waals surface area contributed by atoms with Crippen LogP contribution in [0.25, 0.3) is 10.8 Å². The number of fused-ring (bicyclic) bond motifs is 1. The van der Waals surface area contributed by atoms with E-state index in [-0.39, 0.29) is 37.0 Å². The van der Waals surface area contributed by atoms with Crippen LogP contribution in [0.15, 0.2) is 66.7 Å². The maximum absolute atomic E-state index is 14.0. The molecule has 2 aliphatic rings. The summed E-state index contributed by atoms with van der Waals surface area (Å²) in [6.07, 6.45) is 0.561. The molecule has 4 amide bonds. The lowest BCUT2D eigenvalue weighted by Gasteiger charge is -2.46. The molecule has 2 N–H and O–H groups in total. The van der Waals surface area contributed by atoms with Crippen LogP contribution in [0.1, 0.15) is 64.5 Å². The number of nitrogens with zero attached hydrogens (tertiary/aromatic N) is 4. The fraction of sp³-hybridized carbons (Fsp3) is 0.474. The Kier molecular flexibility index (Phi) is 10.9. The molecule has 2 aliphatic heterocycles. The van der Waals surface area contributed by atoms with Crippen LogP contribution in [-0.2, 0) is 25.7 Å². The number of hydrogen-bond donors (Lipinski definition) is 1. The van der Waals surface area contributed by atoms with Gasteiger partial charge in [-0.25, -0.2) is 9.18 Å². The number of halogens is 1. The van der Waals surface area contributed by atoms with Crippen LogP contribution in [0.4, 0.5) is 9.18 Å². The van der Waals surface area contributed by atoms with Crippen molar-refractivity contribution in [3.8, 4) is 0 Å². The first-order valence-corrected chi connectivity index (χ1v) is 17.1. The topological polar surface area (TPSA) is 116 Å². The molecule has 2 heterocycles. The molecule has 2 fully saturated rings. The number of benzene rings is 3. The molecule has 2 saturated heterocycles. The fourth-order valence-corrected chi connectivity index (χ4v) is 6.89. The molecule has 0 aromatic heterocycles. The van der Waals surface area contributed by atoms with Crippen molar-refractivity contribution in [1.82, 2.24) is 19.6 Å². The lowest BCUT2D eigenvalue weighted by atomic mass is 9.88. The van der Waals surface area contributed by atoms with Crippen molar-refractivity contribution >= 4 is 34.6 Å². The van der Waals surface area contributed by atoms with E-state index in [0.29, 0.717) is 44.6 Å². The Balaban J connectivity index is 1.30. The molecule has 10 nitrogen and oxygen atoms in total. The summed E-state index contributed by atoms with van der Waals surface area (Å²) < 4.78 is 19.2. The standard InChI is InChI=1S/C38H48FN5O5/c1-6-31-23-41(25(2)34(35(40)46)29-14-13-27-9-7-8-10-28(27)21-29)19-20-43(31)33(45)24-42(22-26-11-15-30(39)16-12-26)36(47)32-17-18-44(32)37(48)49-38(3,4)5/h7-16,21,25,31-32,34H,6,17-20,22-24H2,1-5H3,(H2,40,46). The van der Waals surface area contributed by atoms with Gasteiger partial charge in [-0.05, 0) is 74.6 Å². The van der Waals surface area contributed by atoms with E-state index in [2.05, 4.69) is 4.90 Å². The van der Waals surface area contributed by atoms with Gasteiger partial charge in [-0.3, -0.25) is 24.2 Å². The van der Waals surface area contributed by atoms with E-state index in [0.717, 1.165) is 16.3 Å². The molecule has 3 aromatic carbocycles. The summed E-state index contributed by atoms with van der Waals surface area (Å²) in [4.78, 5) is 60.5. The molecule has 0 aliphatic carbocycles. The zero-order valence-corrected chi connectivity index (χ0v) is 29.1. The van der Waals surface area contributed by atoms with E-state index < -0.39 is 35.4 Å². The van der Waals surface area contributed by atoms with Gasteiger partial charge >= 0.3 is 6.09 Å². The minimum Gasteiger partial charge on any atom is -0.444 e. The molecule has 49 heavy (non-hydrogen) atoms. The van der Waals surface area contributed by atoms with Crippen molar-refractivity contribution in [3.05, 3.63) is 83.7 Å². The molecular weight excluding hydrogens is 625 g/mol. The highest BCUT2D eigenvalue weighted by atomic mass is 19.1. The van der Waals surface area contributed by atoms with E-state index in [9.17, 15) is 23.6 Å². The molecule has 0 radical (unpaired) electrons. The van der Waals surface area contributed by atoms with Crippen molar-refractivity contribution < 1.29 is 28.3 Å². The predicted octanol–water partition coefficient (Wildman–Crippen LogP) is 4.90. The van der Waals surface area contributed by atoms with Gasteiger partial charge in [0.1, 0.15) is 24.0 Å². The first-order chi connectivity index (χ1) is 23.3. The maximum atomic E-state index is 14.0. The monoisotopic (exact) mass is 673 g/mol. The molecule has 0 spiro atoms. The van der Waals surface area contributed by atoms with E-state index in [4.69, 9.17) is 10.5 Å². The third-order valence-corrected chi connectivity index (χ3v) is 9.66. The fourth-order valence-electron chi connectivity index (χ4n) is 6.89. The van der Waals surface area contributed by atoms with E-state index in [1.807, 2.05) is 61.2 Å². The lowest BCUT2D eigenvalue weighted by molar-refractivity contribution is -0.149. The van der Waals surface area contributed by atoms with Gasteiger partial charge in [0, 0.05) is 44.8 Å². The smallest absolute Gasteiger partial charge is 0.410 e. The predicted molar refractivity (Wildman–Crippen MR) is 186 cm³/mol. The van der Waals surface area contributed by atoms with Gasteiger partial charge in [-0.1, -0.05) is 61.5 Å². The number of carbonyl (C=O) groups excluding carboxylic acids is 4. The summed E-state index contributed by atoms with van der Waals surface area (Å²) in [6, 6.07) is 18.7. The van der Waals surface area contributed by atoms with Gasteiger partial charge in [0.2, 0.25) is 17.7 Å². The highest BCUT2D eigenvalue weighted by Gasteiger charge is 2.43. The SMILES string of the molecule is CCC1CN(C(C)C(C(N)=O)c2ccc3ccccc3c2)CCN1C(=O)CN(Cc1ccc(F)cc1)C(=O)C1CCN1C(=O)OC(C)(C)C. The van der Waals surface area contributed by atoms with Crippen LogP contribution < -0.4 is 5.73 Å². The Morgan fingerprint density at radius 3 is 2.27 bits per heavy atom. The zero-order chi connectivity index (χ0) is 35.5. The van der Waals surface area contributed by atoms with E-state index >= 15 is 0 Å². The molecule has 262 valence electrons. The third-order valence-electron chi connectivity index (χ3n) is 9.66. The molecule has 5 rings (SSSR count). The van der Waals surface area contributed by atoms with Gasteiger partial charge in [0.15, 0.2) is 0 Å². The number of amides is 4. The summed E-state index contributed by atoms with van der Waals surface area (Å²) in [7, 11) is 0. The van der Waals surface area contributed by atoms with Crippen molar-refractivity contribution in [2.75, 3.05) is 32.7 Å². The minimum atomic E-state index is -0.747. The molecule has 11 heteroatoms. The Labute approximate surface area is 287 Å². The van der Waals surface area contributed by atoms with Gasteiger partial charge in [0.25, 0.3) is 0 Å². The molecule has 4 unspecified atom stereocenters. The zero-order valence-electron chi connectivity index (χ0n) is 29.1. The quantitative estimate of drug-likeness (QED) is 0.328. The Bertz CT molecular complexity index is 1670. The van der Waals surface area contributed by atoms with Crippen molar-refractivity contribution in [1.29, 1.82) is 0 Å². The van der Waals surface area contributed by atoms with Crippen molar-refractivity contribution in [2.24, 2.45) is 5.73 Å². The number of likely N-dealkylation sites (tertiary alicyclic amines) is 1. The summed E-state index contributed by atoms with van der Waals surface area (Å²) in [6.45, 7) is 11.1. The average molecular weight is 674 g/mol. The van der Waals surface area contributed by atoms with Gasteiger partial charge in [0.05, 0.1) is 5.92 Å². The van der Waals surface area contributed by atoms with E-state index in [1.54, 1.807) is 32.9 Å². The number of piperazine rings is 1. The summed E-state index contributed by atoms with van der Waals surface area (Å²) >= 11 is 0. The van der Waals surface area contributed by atoms with Crippen molar-refractivity contribution in [2.45, 2.75) is 83.6 Å². The lowest BCUT2D eigenvalue weighted by Crippen LogP contribution is -2.62. The molecule has 0 saturated carbocycles. The summed E-state index contributed by atoms with van der Waals surface area (Å²) in [5, 5.41) is 2.12. The number of ether oxygens (including phenoxy) is 1. The Hall–Kier alpha value is -4.51. The number of hydrogen-bond acceptors (Lipinski definition) is 6. The Morgan fingerprint density at radius 2 is 1.65 bits per heavy atom. The second kappa shape index (κ2) is 14.9. The van der Waals surface area contributed by atoms with Crippen LogP contribution >= 0.6 is 0 Å². The average Bonchev–Trinajstić information content (AvgIpc) is 3.03. The van der Waals surface area contributed by atoms with Crippen LogP contribution in [0.3, 0.4) is 0 Å². The number of primary amides is 1. The molecule has 0 bridgehead atoms. The van der Waals surface area contributed by atoms with Crippen LogP contribution in [0, 0.1) is 5.82 Å². The van der Waals surface area contributed by atoms with Gasteiger partial charge in [-0.2, -0.15) is 0 Å². The number of rotatable bonds is 10. The second-order valence-corrected chi connectivity index (χ2v) is 14.2. The first kappa shape index (κ1) is 35.8. The van der Waals surface area contributed by atoms with Crippen LogP contribution in [0.5, 0.6) is 0 Å². The number of carbonyl (C=O) groups is 4. The van der Waals surface area contributed by atoms with Crippen LogP contribution in [-0.4, -0.2) is 99.9 Å². The summed E-state index contributed by atoms with van der Waals surface area (Å²) in [5.41, 5.74) is 6.81. The highest BCUT2D eigenvalue weighted by molar-refractivity contribution is 5.91. The highest BCUT2D eigenvalue weighted by Crippen LogP contribution is 2.29. The molecule has 3 aromatic rings. The second-order valence-electron chi connectivity index (χ2n) is 14.2. The van der Waals surface area contributed by atoms with Crippen molar-refractivity contribution in [3.63, 3.8) is 0 Å². The van der Waals surface area contributed by atoms with Gasteiger partial charge < -0.3 is 20.3 Å². The largest absolute Gasteiger partial charge is 0.444 e. The first-order valence-electron chi connectivity index (χ1n) is 17.1. The summed E-state index contributed by atoms with van der Waals surface area (Å²) in [5.74, 6) is -1.90. The Morgan fingerprint density at radius 1 is 0.959 bits per heavy atom. The molecular formula is C38H48FN5O5. The maximum Gasteiger partial charge on any atom is 0.410 e. The number of nitrogens with two attached hydrogens (primary N) is 1. The normalized spacial score (nSPS) is 19.6. The minimum absolute atomic E-state index is 0.0867. The molecule has 4 atom stereocenters.